The van der Waals surface area contributed by atoms with Crippen LogP contribution in [0.3, 0.4) is 0 Å². The molecule has 0 spiro atoms. The zero-order valence-electron chi connectivity index (χ0n) is 13.4. The van der Waals surface area contributed by atoms with Gasteiger partial charge in [0.2, 0.25) is 17.2 Å². The van der Waals surface area contributed by atoms with Gasteiger partial charge in [-0.25, -0.2) is 4.79 Å². The van der Waals surface area contributed by atoms with E-state index in [2.05, 4.69) is 0 Å². The molecule has 1 aromatic carbocycles. The van der Waals surface area contributed by atoms with Crippen LogP contribution in [0.1, 0.15) is 30.1 Å². The van der Waals surface area contributed by atoms with E-state index in [1.807, 2.05) is 0 Å². The maximum Gasteiger partial charge on any atom is 0.340 e. The average molecular weight is 339 g/mol. The van der Waals surface area contributed by atoms with Gasteiger partial charge in [-0.05, 0) is 12.0 Å². The number of hydroxylamine groups is 2. The number of nitrogens with zero attached hydrogens (tertiary/aromatic N) is 1. The molecule has 0 aliphatic carbocycles. The molecule has 126 valence electrons. The van der Waals surface area contributed by atoms with Gasteiger partial charge in [-0.2, -0.15) is 16.8 Å². The number of carbonyl (C=O) groups excluding carboxylic acids is 2. The molecule has 0 aromatic heterocycles. The van der Waals surface area contributed by atoms with Crippen LogP contribution in [-0.2, 0) is 14.4 Å². The van der Waals surface area contributed by atoms with Gasteiger partial charge in [0.1, 0.15) is 0 Å². The molecule has 1 aromatic rings. The van der Waals surface area contributed by atoms with Gasteiger partial charge in [-0.1, -0.05) is 37.3 Å². The largest absolute Gasteiger partial charge is 0.479 e. The molecule has 0 saturated heterocycles. The Balaban J connectivity index is 3.47. The number of rotatable bonds is 9. The number of Topliss-reactive ketones (excluding diaryl/α,β-unsaturated/α-hetero) is 1. The van der Waals surface area contributed by atoms with Crippen molar-refractivity contribution in [2.75, 3.05) is 19.1 Å². The summed E-state index contributed by atoms with van der Waals surface area (Å²) in [5.41, 5.74) is -1.85. The van der Waals surface area contributed by atoms with Crippen LogP contribution in [0, 0.1) is 0 Å². The number of carboxylic acids is 1. The summed E-state index contributed by atoms with van der Waals surface area (Å²) in [6.07, 6.45) is 1.79. The van der Waals surface area contributed by atoms with Gasteiger partial charge >= 0.3 is 5.97 Å². The lowest BCUT2D eigenvalue weighted by Crippen LogP contribution is -2.62. The Hall–Kier alpha value is -1.86. The quantitative estimate of drug-likeness (QED) is 0.422. The maximum absolute atomic E-state index is 13.0. The molecule has 0 saturated carbocycles. The second-order valence-electron chi connectivity index (χ2n) is 4.83. The molecule has 0 fully saturated rings. The summed E-state index contributed by atoms with van der Waals surface area (Å²) in [5.74, 6) is -2.23. The Bertz CT molecular complexity index is 563. The fourth-order valence-electron chi connectivity index (χ4n) is 2.29. The van der Waals surface area contributed by atoms with Crippen LogP contribution in [0.2, 0.25) is 0 Å². The first-order chi connectivity index (χ1) is 10.9. The Morgan fingerprint density at radius 3 is 2.30 bits per heavy atom. The zero-order chi connectivity index (χ0) is 17.5. The van der Waals surface area contributed by atoms with Crippen LogP contribution in [0.4, 0.5) is 0 Å². The van der Waals surface area contributed by atoms with E-state index in [1.165, 1.54) is 31.0 Å². The van der Waals surface area contributed by atoms with Crippen molar-refractivity contribution >= 4 is 29.4 Å². The summed E-state index contributed by atoms with van der Waals surface area (Å²) in [5, 5.41) is 10.5. The van der Waals surface area contributed by atoms with Crippen molar-refractivity contribution in [2.24, 2.45) is 0 Å². The van der Waals surface area contributed by atoms with E-state index in [0.29, 0.717) is 10.8 Å². The number of hydrogen-bond acceptors (Lipinski definition) is 5. The number of aliphatic carboxylic acids is 1. The molecule has 0 bridgehead atoms. The van der Waals surface area contributed by atoms with Crippen LogP contribution in [0.25, 0.3) is 0 Å². The number of benzene rings is 1. The third-order valence-electron chi connectivity index (χ3n) is 3.49. The molecule has 6 nitrogen and oxygen atoms in total. The van der Waals surface area contributed by atoms with E-state index in [1.54, 1.807) is 31.4 Å². The second kappa shape index (κ2) is 8.69. The average Bonchev–Trinajstić information content (AvgIpc) is 2.58. The second-order valence-corrected chi connectivity index (χ2v) is 5.81. The highest BCUT2D eigenvalue weighted by Gasteiger charge is 2.53. The van der Waals surface area contributed by atoms with Crippen LogP contribution < -0.4 is 0 Å². The van der Waals surface area contributed by atoms with Gasteiger partial charge in [0.25, 0.3) is 0 Å². The molecular formula is C16H21NO5S. The van der Waals surface area contributed by atoms with Crippen molar-refractivity contribution in [3.8, 4) is 0 Å². The number of thioether (sulfide) groups is 1. The first-order valence-corrected chi connectivity index (χ1v) is 8.54. The van der Waals surface area contributed by atoms with Gasteiger partial charge < -0.3 is 5.11 Å². The molecule has 0 radical (unpaired) electrons. The van der Waals surface area contributed by atoms with E-state index in [9.17, 15) is 19.5 Å². The van der Waals surface area contributed by atoms with Crippen molar-refractivity contribution < 1.29 is 24.3 Å². The highest BCUT2D eigenvalue weighted by atomic mass is 32.2. The minimum absolute atomic E-state index is 0.0320. The summed E-state index contributed by atoms with van der Waals surface area (Å²) in [7, 11) is 1.20. The fourth-order valence-corrected chi connectivity index (χ4v) is 2.79. The summed E-state index contributed by atoms with van der Waals surface area (Å²) in [6.45, 7) is 1.59. The van der Waals surface area contributed by atoms with Crippen molar-refractivity contribution in [2.45, 2.75) is 25.3 Å². The maximum atomic E-state index is 13.0. The van der Waals surface area contributed by atoms with Gasteiger partial charge in [0, 0.05) is 18.4 Å². The monoisotopic (exact) mass is 339 g/mol. The topological polar surface area (TPSA) is 83.9 Å². The Kier molecular flexibility index (Phi) is 7.25. The molecule has 0 unspecified atom stereocenters. The highest BCUT2D eigenvalue weighted by molar-refractivity contribution is 7.98. The van der Waals surface area contributed by atoms with Gasteiger partial charge in [-0.3, -0.25) is 14.4 Å². The smallest absolute Gasteiger partial charge is 0.340 e. The molecular weight excluding hydrogens is 318 g/mol. The van der Waals surface area contributed by atoms with Crippen molar-refractivity contribution in [3.05, 3.63) is 35.9 Å². The van der Waals surface area contributed by atoms with Crippen LogP contribution in [-0.4, -0.2) is 52.5 Å². The lowest BCUT2D eigenvalue weighted by atomic mass is 9.85. The lowest BCUT2D eigenvalue weighted by Gasteiger charge is -2.37. The van der Waals surface area contributed by atoms with Crippen molar-refractivity contribution in [1.29, 1.82) is 0 Å². The Morgan fingerprint density at radius 2 is 1.87 bits per heavy atom. The van der Waals surface area contributed by atoms with E-state index in [-0.39, 0.29) is 18.4 Å². The summed E-state index contributed by atoms with van der Waals surface area (Å²) >= 11 is 1.40. The van der Waals surface area contributed by atoms with Crippen molar-refractivity contribution in [3.63, 3.8) is 0 Å². The van der Waals surface area contributed by atoms with Crippen LogP contribution in [0.15, 0.2) is 30.3 Å². The third kappa shape index (κ3) is 3.92. The van der Waals surface area contributed by atoms with Crippen molar-refractivity contribution in [1.82, 2.24) is 5.06 Å². The number of amides is 1. The molecule has 23 heavy (non-hydrogen) atoms. The number of carbonyl (C=O) groups is 3. The summed E-state index contributed by atoms with van der Waals surface area (Å²) in [4.78, 5) is 42.2. The van der Waals surface area contributed by atoms with Crippen LogP contribution in [0.5, 0.6) is 0 Å². The van der Waals surface area contributed by atoms with Crippen LogP contribution >= 0.6 is 11.8 Å². The molecule has 7 heteroatoms. The minimum atomic E-state index is -2.08. The number of ketones is 1. The highest BCUT2D eigenvalue weighted by Crippen LogP contribution is 2.28. The Morgan fingerprint density at radius 1 is 1.26 bits per heavy atom. The Labute approximate surface area is 139 Å². The SMILES string of the molecule is CCC(=O)N(OC)[C@@](CCSC)(C(=O)O)C(=O)c1ccccc1. The van der Waals surface area contributed by atoms with E-state index >= 15 is 0 Å². The summed E-state index contributed by atoms with van der Waals surface area (Å²) in [6, 6.07) is 8.08. The molecule has 1 amide bonds. The molecule has 1 rings (SSSR count). The fraction of sp³-hybridized carbons (Fsp3) is 0.438. The van der Waals surface area contributed by atoms with Gasteiger partial charge in [0.15, 0.2) is 0 Å². The first-order valence-electron chi connectivity index (χ1n) is 7.15. The van der Waals surface area contributed by atoms with Gasteiger partial charge in [0.05, 0.1) is 7.11 Å². The lowest BCUT2D eigenvalue weighted by molar-refractivity contribution is -0.209. The number of hydrogen-bond donors (Lipinski definition) is 1. The van der Waals surface area contributed by atoms with E-state index in [0.717, 1.165) is 0 Å². The van der Waals surface area contributed by atoms with Gasteiger partial charge in [-0.15, -0.1) is 0 Å². The zero-order valence-corrected chi connectivity index (χ0v) is 14.3. The molecule has 1 atom stereocenters. The normalized spacial score (nSPS) is 13.2. The predicted molar refractivity (Wildman–Crippen MR) is 88.3 cm³/mol. The molecule has 1 N–H and O–H groups in total. The number of carboxylic acid groups (broad SMARTS) is 1. The van der Waals surface area contributed by atoms with E-state index in [4.69, 9.17) is 4.84 Å². The molecule has 0 aliphatic rings. The first kappa shape index (κ1) is 19.2. The third-order valence-corrected chi connectivity index (χ3v) is 4.10. The standard InChI is InChI=1S/C16H21NO5S/c1-4-13(18)17(22-2)16(15(20)21,10-11-23-3)14(19)12-8-6-5-7-9-12/h5-9H,4,10-11H2,1-3H3,(H,20,21)/t16-/m1/s1. The molecule has 0 heterocycles. The molecule has 0 aliphatic heterocycles. The van der Waals surface area contributed by atoms with E-state index < -0.39 is 23.2 Å². The minimum Gasteiger partial charge on any atom is -0.479 e. The summed E-state index contributed by atoms with van der Waals surface area (Å²) < 4.78 is 0. The predicted octanol–water partition coefficient (Wildman–Crippen LogP) is 2.25.